The molecule has 0 fully saturated rings. The van der Waals surface area contributed by atoms with E-state index in [1.807, 2.05) is 13.0 Å². The van der Waals surface area contributed by atoms with E-state index in [9.17, 15) is 12.8 Å². The molecule has 0 radical (unpaired) electrons. The summed E-state index contributed by atoms with van der Waals surface area (Å²) >= 11 is 0. The third-order valence-corrected chi connectivity index (χ3v) is 5.90. The fraction of sp³-hybridized carbons (Fsp3) is 0.263. The first-order chi connectivity index (χ1) is 13.4. The largest absolute Gasteiger partial charge is 0.481 e. The van der Waals surface area contributed by atoms with Crippen molar-refractivity contribution in [2.45, 2.75) is 24.8 Å². The molecular formula is C19H20FN3O4S. The molecule has 2 aromatic carbocycles. The highest BCUT2D eigenvalue weighted by Crippen LogP contribution is 2.18. The summed E-state index contributed by atoms with van der Waals surface area (Å²) < 4.78 is 50.4. The molecule has 148 valence electrons. The van der Waals surface area contributed by atoms with Gasteiger partial charge in [0.1, 0.15) is 0 Å². The minimum atomic E-state index is -3.60. The highest BCUT2D eigenvalue weighted by Gasteiger charge is 2.21. The topological polar surface area (TPSA) is 85.5 Å². The molecule has 0 aliphatic heterocycles. The lowest BCUT2D eigenvalue weighted by molar-refractivity contribution is 0.234. The van der Waals surface area contributed by atoms with Crippen molar-refractivity contribution in [2.24, 2.45) is 0 Å². The minimum absolute atomic E-state index is 0.0780. The molecule has 0 saturated carbocycles. The van der Waals surface area contributed by atoms with Crippen LogP contribution in [0.4, 0.5) is 4.39 Å². The third kappa shape index (κ3) is 4.73. The van der Waals surface area contributed by atoms with Crippen LogP contribution in [0.1, 0.15) is 17.3 Å². The summed E-state index contributed by atoms with van der Waals surface area (Å²) in [5.41, 5.74) is 0.868. The molecule has 0 unspecified atom stereocenters. The molecule has 0 N–H and O–H groups in total. The highest BCUT2D eigenvalue weighted by atomic mass is 32.2. The number of hydrogen-bond donors (Lipinski definition) is 0. The second-order valence-corrected chi connectivity index (χ2v) is 8.26. The van der Waals surface area contributed by atoms with E-state index in [-0.39, 0.29) is 36.1 Å². The van der Waals surface area contributed by atoms with Gasteiger partial charge in [-0.1, -0.05) is 29.4 Å². The van der Waals surface area contributed by atoms with E-state index in [1.165, 1.54) is 23.5 Å². The van der Waals surface area contributed by atoms with Gasteiger partial charge in [-0.05, 0) is 36.8 Å². The van der Waals surface area contributed by atoms with Crippen molar-refractivity contribution in [3.63, 3.8) is 0 Å². The number of para-hydroxylation sites is 1. The first kappa shape index (κ1) is 20.0. The van der Waals surface area contributed by atoms with Crippen LogP contribution >= 0.6 is 0 Å². The number of halogens is 1. The summed E-state index contributed by atoms with van der Waals surface area (Å²) in [6.07, 6.45) is 0.269. The van der Waals surface area contributed by atoms with Gasteiger partial charge in [0.25, 0.3) is 5.89 Å². The van der Waals surface area contributed by atoms with Crippen molar-refractivity contribution in [3.05, 3.63) is 71.6 Å². The van der Waals surface area contributed by atoms with Gasteiger partial charge in [0.05, 0.1) is 4.90 Å². The number of nitrogens with zero attached hydrogens (tertiary/aromatic N) is 3. The smallest absolute Gasteiger partial charge is 0.264 e. The lowest BCUT2D eigenvalue weighted by atomic mass is 10.2. The molecule has 0 aliphatic carbocycles. The Balaban J connectivity index is 1.57. The molecule has 9 heteroatoms. The molecule has 0 aliphatic rings. The number of aryl methyl sites for hydroxylation is 1. The van der Waals surface area contributed by atoms with Gasteiger partial charge in [0.15, 0.2) is 24.0 Å². The first-order valence-corrected chi connectivity index (χ1v) is 10.0. The Kier molecular flexibility index (Phi) is 6.05. The van der Waals surface area contributed by atoms with E-state index in [0.29, 0.717) is 5.82 Å². The molecule has 0 amide bonds. The van der Waals surface area contributed by atoms with Crippen LogP contribution in [0.5, 0.6) is 5.75 Å². The number of aromatic nitrogens is 2. The minimum Gasteiger partial charge on any atom is -0.481 e. The summed E-state index contributed by atoms with van der Waals surface area (Å²) in [5.74, 6) is 0.136. The van der Waals surface area contributed by atoms with Crippen LogP contribution in [0.3, 0.4) is 0 Å². The summed E-state index contributed by atoms with van der Waals surface area (Å²) in [6.45, 7) is 1.94. The average Bonchev–Trinajstić information content (AvgIpc) is 3.13. The van der Waals surface area contributed by atoms with Crippen LogP contribution in [0.25, 0.3) is 0 Å². The number of sulfonamides is 1. The SMILES string of the molecule is Cc1cccc(S(=O)(=O)N(C)CCc2noc(COc3ccccc3F)n2)c1. The monoisotopic (exact) mass is 405 g/mol. The van der Waals surface area contributed by atoms with Crippen molar-refractivity contribution in [3.8, 4) is 5.75 Å². The maximum atomic E-state index is 13.5. The number of likely N-dealkylation sites (N-methyl/N-ethyl adjacent to an activating group) is 1. The van der Waals surface area contributed by atoms with Crippen LogP contribution in [0.15, 0.2) is 57.9 Å². The van der Waals surface area contributed by atoms with Crippen molar-refractivity contribution in [2.75, 3.05) is 13.6 Å². The lowest BCUT2D eigenvalue weighted by Crippen LogP contribution is -2.29. The Morgan fingerprint density at radius 2 is 1.96 bits per heavy atom. The second-order valence-electron chi connectivity index (χ2n) is 6.22. The molecule has 1 aromatic heterocycles. The predicted molar refractivity (Wildman–Crippen MR) is 99.7 cm³/mol. The van der Waals surface area contributed by atoms with Crippen molar-refractivity contribution in [1.29, 1.82) is 0 Å². The summed E-state index contributed by atoms with van der Waals surface area (Å²) in [7, 11) is -2.10. The zero-order valence-corrected chi connectivity index (χ0v) is 16.3. The molecule has 1 heterocycles. The van der Waals surface area contributed by atoms with E-state index >= 15 is 0 Å². The standard InChI is InChI=1S/C19H20FN3O4S/c1-14-6-5-7-15(12-14)28(24,25)23(2)11-10-18-21-19(27-22-18)13-26-17-9-4-3-8-16(17)20/h3-9,12H,10-11,13H2,1-2H3. The third-order valence-electron chi connectivity index (χ3n) is 4.05. The maximum Gasteiger partial charge on any atom is 0.264 e. The number of rotatable bonds is 8. The molecule has 0 bridgehead atoms. The fourth-order valence-corrected chi connectivity index (χ4v) is 3.76. The van der Waals surface area contributed by atoms with Gasteiger partial charge in [0, 0.05) is 20.0 Å². The Morgan fingerprint density at radius 1 is 1.18 bits per heavy atom. The van der Waals surface area contributed by atoms with Crippen LogP contribution in [0.2, 0.25) is 0 Å². The average molecular weight is 405 g/mol. The maximum absolute atomic E-state index is 13.5. The van der Waals surface area contributed by atoms with Crippen molar-refractivity contribution in [1.82, 2.24) is 14.4 Å². The van der Waals surface area contributed by atoms with Gasteiger partial charge in [-0.15, -0.1) is 0 Å². The van der Waals surface area contributed by atoms with E-state index < -0.39 is 15.8 Å². The van der Waals surface area contributed by atoms with Crippen molar-refractivity contribution >= 4 is 10.0 Å². The number of hydrogen-bond acceptors (Lipinski definition) is 6. The normalized spacial score (nSPS) is 11.7. The van der Waals surface area contributed by atoms with Gasteiger partial charge in [-0.2, -0.15) is 4.98 Å². The van der Waals surface area contributed by atoms with Gasteiger partial charge in [-0.3, -0.25) is 0 Å². The molecule has 7 nitrogen and oxygen atoms in total. The van der Waals surface area contributed by atoms with Crippen LogP contribution in [-0.2, 0) is 23.1 Å². The second kappa shape index (κ2) is 8.49. The lowest BCUT2D eigenvalue weighted by Gasteiger charge is -2.16. The van der Waals surface area contributed by atoms with Crippen LogP contribution < -0.4 is 4.74 Å². The number of benzene rings is 2. The molecular weight excluding hydrogens is 385 g/mol. The zero-order chi connectivity index (χ0) is 20.1. The van der Waals surface area contributed by atoms with E-state index in [2.05, 4.69) is 10.1 Å². The molecule has 3 aromatic rings. The first-order valence-electron chi connectivity index (χ1n) is 8.58. The Hall–Kier alpha value is -2.78. The van der Waals surface area contributed by atoms with E-state index in [0.717, 1.165) is 5.56 Å². The zero-order valence-electron chi connectivity index (χ0n) is 15.5. The highest BCUT2D eigenvalue weighted by molar-refractivity contribution is 7.89. The molecule has 3 rings (SSSR count). The quantitative estimate of drug-likeness (QED) is 0.573. The van der Waals surface area contributed by atoms with Gasteiger partial charge < -0.3 is 9.26 Å². The van der Waals surface area contributed by atoms with Gasteiger partial charge in [0.2, 0.25) is 10.0 Å². The molecule has 0 atom stereocenters. The predicted octanol–water partition coefficient (Wildman–Crippen LogP) is 2.96. The Bertz CT molecular complexity index is 1050. The fourth-order valence-electron chi connectivity index (χ4n) is 2.48. The van der Waals surface area contributed by atoms with E-state index in [1.54, 1.807) is 30.3 Å². The van der Waals surface area contributed by atoms with Gasteiger partial charge >= 0.3 is 0 Å². The molecule has 28 heavy (non-hydrogen) atoms. The van der Waals surface area contributed by atoms with Gasteiger partial charge in [-0.25, -0.2) is 17.1 Å². The summed E-state index contributed by atoms with van der Waals surface area (Å²) in [6, 6.07) is 12.7. The number of ether oxygens (including phenoxy) is 1. The Labute approximate surface area is 162 Å². The van der Waals surface area contributed by atoms with Crippen LogP contribution in [-0.4, -0.2) is 36.5 Å². The Morgan fingerprint density at radius 3 is 2.71 bits per heavy atom. The summed E-state index contributed by atoms with van der Waals surface area (Å²) in [5, 5.41) is 3.81. The van der Waals surface area contributed by atoms with Crippen molar-refractivity contribution < 1.29 is 22.1 Å². The summed E-state index contributed by atoms with van der Waals surface area (Å²) in [4.78, 5) is 4.39. The van der Waals surface area contributed by atoms with Crippen LogP contribution in [0, 0.1) is 12.7 Å². The molecule has 0 saturated heterocycles. The molecule has 0 spiro atoms. The van der Waals surface area contributed by atoms with E-state index in [4.69, 9.17) is 9.26 Å².